The van der Waals surface area contributed by atoms with Crippen LogP contribution in [-0.2, 0) is 0 Å². The molecule has 1 rings (SSSR count). The van der Waals surface area contributed by atoms with Gasteiger partial charge in [0.2, 0.25) is 0 Å². The molecule has 0 radical (unpaired) electrons. The van der Waals surface area contributed by atoms with E-state index in [1.54, 1.807) is 0 Å². The molecule has 0 saturated carbocycles. The van der Waals surface area contributed by atoms with E-state index in [0.29, 0.717) is 12.4 Å². The fraction of sp³-hybridized carbons (Fsp3) is 0.353. The van der Waals surface area contributed by atoms with E-state index < -0.39 is 5.97 Å². The van der Waals surface area contributed by atoms with E-state index in [-0.39, 0.29) is 11.3 Å². The summed E-state index contributed by atoms with van der Waals surface area (Å²) in [4.78, 5) is 10.8. The molecule has 1 aromatic carbocycles. The van der Waals surface area contributed by atoms with Crippen LogP contribution in [-0.4, -0.2) is 22.8 Å². The summed E-state index contributed by atoms with van der Waals surface area (Å²) in [5.41, 5.74) is 2.42. The van der Waals surface area contributed by atoms with Crippen LogP contribution in [0.25, 0.3) is 0 Å². The molecule has 4 nitrogen and oxygen atoms in total. The van der Waals surface area contributed by atoms with Gasteiger partial charge in [0.1, 0.15) is 23.7 Å². The molecule has 0 heterocycles. The summed E-state index contributed by atoms with van der Waals surface area (Å²) in [6.45, 7) is 6.60. The normalized spacial score (nSPS) is 11.1. The number of allylic oxidation sites excluding steroid dienone is 3. The molecule has 4 heteroatoms. The first-order valence-electron chi connectivity index (χ1n) is 6.88. The third kappa shape index (κ3) is 6.17. The fourth-order valence-corrected chi connectivity index (χ4v) is 1.75. The lowest BCUT2D eigenvalue weighted by Gasteiger charge is -2.06. The van der Waals surface area contributed by atoms with Crippen molar-refractivity contribution >= 4 is 5.97 Å². The number of aromatic carboxylic acids is 1. The van der Waals surface area contributed by atoms with E-state index in [9.17, 15) is 9.90 Å². The number of carboxylic acid groups (broad SMARTS) is 1. The third-order valence-corrected chi connectivity index (χ3v) is 2.97. The van der Waals surface area contributed by atoms with Crippen molar-refractivity contribution in [2.45, 2.75) is 33.6 Å². The SMILES string of the molecule is CC(C)=CCCC(C)=CCOc1ccc(C(=O)O)c(O)c1. The molecule has 0 aliphatic carbocycles. The molecule has 0 aliphatic heterocycles. The van der Waals surface area contributed by atoms with E-state index in [4.69, 9.17) is 9.84 Å². The zero-order valence-electron chi connectivity index (χ0n) is 12.7. The van der Waals surface area contributed by atoms with Gasteiger partial charge in [-0.15, -0.1) is 0 Å². The first-order chi connectivity index (χ1) is 9.90. The van der Waals surface area contributed by atoms with Crippen LogP contribution in [0.4, 0.5) is 0 Å². The molecule has 0 aliphatic rings. The minimum atomic E-state index is -1.16. The highest BCUT2D eigenvalue weighted by molar-refractivity contribution is 5.90. The van der Waals surface area contributed by atoms with Gasteiger partial charge in [0.05, 0.1) is 0 Å². The van der Waals surface area contributed by atoms with Gasteiger partial charge in [-0.2, -0.15) is 0 Å². The molecule has 0 fully saturated rings. The second kappa shape index (κ2) is 8.15. The average molecular weight is 290 g/mol. The molecule has 0 spiro atoms. The van der Waals surface area contributed by atoms with E-state index in [0.717, 1.165) is 12.8 Å². The quantitative estimate of drug-likeness (QED) is 0.740. The van der Waals surface area contributed by atoms with E-state index in [1.165, 1.54) is 29.3 Å². The Kier molecular flexibility index (Phi) is 6.53. The molecule has 1 aromatic rings. The van der Waals surface area contributed by atoms with Gasteiger partial charge in [-0.05, 0) is 51.8 Å². The summed E-state index contributed by atoms with van der Waals surface area (Å²) in [5.74, 6) is -0.996. The Morgan fingerprint density at radius 3 is 2.52 bits per heavy atom. The number of carboxylic acids is 1. The predicted molar refractivity (Wildman–Crippen MR) is 83.0 cm³/mol. The van der Waals surface area contributed by atoms with Gasteiger partial charge in [0.15, 0.2) is 0 Å². The standard InChI is InChI=1S/C17H22O4/c1-12(2)5-4-6-13(3)9-10-21-14-7-8-15(17(19)20)16(18)11-14/h5,7-9,11,18H,4,6,10H2,1-3H3,(H,19,20). The van der Waals surface area contributed by atoms with Crippen LogP contribution in [0, 0.1) is 0 Å². The Hall–Kier alpha value is -2.23. The van der Waals surface area contributed by atoms with Gasteiger partial charge in [-0.1, -0.05) is 17.2 Å². The molecular weight excluding hydrogens is 268 g/mol. The number of carbonyl (C=O) groups is 1. The smallest absolute Gasteiger partial charge is 0.339 e. The van der Waals surface area contributed by atoms with Crippen molar-refractivity contribution < 1.29 is 19.7 Å². The minimum absolute atomic E-state index is 0.129. The molecule has 0 unspecified atom stereocenters. The van der Waals surface area contributed by atoms with Crippen molar-refractivity contribution in [3.8, 4) is 11.5 Å². The van der Waals surface area contributed by atoms with Gasteiger partial charge in [0.25, 0.3) is 0 Å². The minimum Gasteiger partial charge on any atom is -0.507 e. The topological polar surface area (TPSA) is 66.8 Å². The maximum Gasteiger partial charge on any atom is 0.339 e. The molecule has 0 aromatic heterocycles. The van der Waals surface area contributed by atoms with Crippen molar-refractivity contribution in [3.05, 3.63) is 47.1 Å². The fourth-order valence-electron chi connectivity index (χ4n) is 1.75. The van der Waals surface area contributed by atoms with Crippen LogP contribution in [0.3, 0.4) is 0 Å². The largest absolute Gasteiger partial charge is 0.507 e. The number of hydrogen-bond donors (Lipinski definition) is 2. The van der Waals surface area contributed by atoms with Crippen LogP contribution in [0.1, 0.15) is 44.0 Å². The Morgan fingerprint density at radius 1 is 1.24 bits per heavy atom. The van der Waals surface area contributed by atoms with Gasteiger partial charge < -0.3 is 14.9 Å². The number of aromatic hydroxyl groups is 1. The van der Waals surface area contributed by atoms with Crippen molar-refractivity contribution in [2.75, 3.05) is 6.61 Å². The molecule has 0 bridgehead atoms. The summed E-state index contributed by atoms with van der Waals surface area (Å²) < 4.78 is 5.47. The number of benzene rings is 1. The highest BCUT2D eigenvalue weighted by Crippen LogP contribution is 2.23. The molecular formula is C17H22O4. The number of phenols is 1. The number of rotatable bonds is 7. The zero-order valence-corrected chi connectivity index (χ0v) is 12.7. The summed E-state index contributed by atoms with van der Waals surface area (Å²) in [5, 5.41) is 18.4. The van der Waals surface area contributed by atoms with Crippen LogP contribution >= 0.6 is 0 Å². The van der Waals surface area contributed by atoms with Crippen molar-refractivity contribution in [3.63, 3.8) is 0 Å². The summed E-state index contributed by atoms with van der Waals surface area (Å²) in [6.07, 6.45) is 6.18. The van der Waals surface area contributed by atoms with Gasteiger partial charge in [0, 0.05) is 6.07 Å². The van der Waals surface area contributed by atoms with Crippen LogP contribution in [0.15, 0.2) is 41.5 Å². The van der Waals surface area contributed by atoms with Gasteiger partial charge >= 0.3 is 5.97 Å². The summed E-state index contributed by atoms with van der Waals surface area (Å²) >= 11 is 0. The second-order valence-corrected chi connectivity index (χ2v) is 5.17. The molecule has 114 valence electrons. The third-order valence-electron chi connectivity index (χ3n) is 2.97. The summed E-state index contributed by atoms with van der Waals surface area (Å²) in [7, 11) is 0. The molecule has 0 saturated heterocycles. The van der Waals surface area contributed by atoms with Crippen molar-refractivity contribution in [1.29, 1.82) is 0 Å². The Bertz CT molecular complexity index is 552. The molecule has 21 heavy (non-hydrogen) atoms. The van der Waals surface area contributed by atoms with Crippen molar-refractivity contribution in [2.24, 2.45) is 0 Å². The van der Waals surface area contributed by atoms with Crippen LogP contribution < -0.4 is 4.74 Å². The number of hydrogen-bond acceptors (Lipinski definition) is 3. The van der Waals surface area contributed by atoms with E-state index in [2.05, 4.69) is 19.9 Å². The second-order valence-electron chi connectivity index (χ2n) is 5.17. The Morgan fingerprint density at radius 2 is 1.95 bits per heavy atom. The Balaban J connectivity index is 2.50. The first-order valence-corrected chi connectivity index (χ1v) is 6.88. The predicted octanol–water partition coefficient (Wildman–Crippen LogP) is 4.16. The van der Waals surface area contributed by atoms with Crippen LogP contribution in [0.5, 0.6) is 11.5 Å². The van der Waals surface area contributed by atoms with Gasteiger partial charge in [-0.3, -0.25) is 0 Å². The maximum absolute atomic E-state index is 10.8. The highest BCUT2D eigenvalue weighted by atomic mass is 16.5. The van der Waals surface area contributed by atoms with Crippen LogP contribution in [0.2, 0.25) is 0 Å². The first kappa shape index (κ1) is 16.8. The number of ether oxygens (including phenoxy) is 1. The monoisotopic (exact) mass is 290 g/mol. The molecule has 2 N–H and O–H groups in total. The highest BCUT2D eigenvalue weighted by Gasteiger charge is 2.09. The lowest BCUT2D eigenvalue weighted by Crippen LogP contribution is -1.99. The lowest BCUT2D eigenvalue weighted by atomic mass is 10.1. The summed E-state index contributed by atoms with van der Waals surface area (Å²) in [6, 6.07) is 4.18. The van der Waals surface area contributed by atoms with Crippen molar-refractivity contribution in [1.82, 2.24) is 0 Å². The lowest BCUT2D eigenvalue weighted by molar-refractivity contribution is 0.0693. The zero-order chi connectivity index (χ0) is 15.8. The molecule has 0 atom stereocenters. The average Bonchev–Trinajstić information content (AvgIpc) is 2.37. The maximum atomic E-state index is 10.8. The Labute approximate surface area is 125 Å². The van der Waals surface area contributed by atoms with E-state index >= 15 is 0 Å². The van der Waals surface area contributed by atoms with E-state index in [1.807, 2.05) is 13.0 Å². The molecule has 0 amide bonds. The van der Waals surface area contributed by atoms with Gasteiger partial charge in [-0.25, -0.2) is 4.79 Å².